The summed E-state index contributed by atoms with van der Waals surface area (Å²) >= 11 is 5.80. The maximum Gasteiger partial charge on any atom is 0.145 e. The van der Waals surface area contributed by atoms with Crippen LogP contribution in [-0.2, 0) is 6.42 Å². The molecule has 1 unspecified atom stereocenters. The molecule has 0 saturated heterocycles. The summed E-state index contributed by atoms with van der Waals surface area (Å²) in [5, 5.41) is 0.189. The number of hydrogen-bond acceptors (Lipinski definition) is 1. The first-order valence-electron chi connectivity index (χ1n) is 7.07. The van der Waals surface area contributed by atoms with E-state index in [0.29, 0.717) is 23.3 Å². The van der Waals surface area contributed by atoms with Gasteiger partial charge in [-0.3, -0.25) is 0 Å². The van der Waals surface area contributed by atoms with E-state index in [1.54, 1.807) is 18.2 Å². The highest BCUT2D eigenvalue weighted by atomic mass is 35.5. The van der Waals surface area contributed by atoms with E-state index in [0.717, 1.165) is 12.8 Å². The fraction of sp³-hybridized carbons (Fsp3) is 0.625. The maximum absolute atomic E-state index is 13.9. The monoisotopic (exact) mass is 283 g/mol. The molecule has 1 aliphatic carbocycles. The van der Waals surface area contributed by atoms with Crippen molar-refractivity contribution >= 4 is 11.6 Å². The molecule has 0 spiro atoms. The minimum atomic E-state index is -0.309. The summed E-state index contributed by atoms with van der Waals surface area (Å²) in [6.07, 6.45) is 5.30. The van der Waals surface area contributed by atoms with Gasteiger partial charge in [0.1, 0.15) is 5.82 Å². The van der Waals surface area contributed by atoms with Gasteiger partial charge < -0.3 is 5.73 Å². The van der Waals surface area contributed by atoms with Gasteiger partial charge in [-0.25, -0.2) is 4.39 Å². The van der Waals surface area contributed by atoms with Crippen molar-refractivity contribution in [3.05, 3.63) is 34.6 Å². The lowest BCUT2D eigenvalue weighted by atomic mass is 9.70. The van der Waals surface area contributed by atoms with Crippen LogP contribution in [0.5, 0.6) is 0 Å². The van der Waals surface area contributed by atoms with E-state index in [9.17, 15) is 4.39 Å². The Balaban J connectivity index is 1.98. The van der Waals surface area contributed by atoms with Crippen LogP contribution >= 0.6 is 11.6 Å². The second kappa shape index (κ2) is 5.80. The molecule has 0 bridgehead atoms. The molecule has 1 aromatic rings. The molecule has 0 aromatic heterocycles. The highest BCUT2D eigenvalue weighted by Gasteiger charge is 2.30. The fourth-order valence-corrected chi connectivity index (χ4v) is 3.17. The molecule has 1 fully saturated rings. The van der Waals surface area contributed by atoms with Gasteiger partial charge in [0, 0.05) is 6.04 Å². The molecule has 0 radical (unpaired) electrons. The van der Waals surface area contributed by atoms with Gasteiger partial charge in [-0.1, -0.05) is 37.6 Å². The standard InChI is InChI=1S/C16H23ClFN/c1-16(2)8-6-11(7-9-16)14(19)10-12-4-3-5-13(17)15(12)18/h3-5,11,14H,6-10,19H2,1-2H3. The summed E-state index contributed by atoms with van der Waals surface area (Å²) in [5.41, 5.74) is 7.36. The molecular formula is C16H23ClFN. The smallest absolute Gasteiger partial charge is 0.145 e. The second-order valence-corrected chi connectivity index (χ2v) is 6.99. The third-order valence-corrected chi connectivity index (χ3v) is 4.77. The predicted molar refractivity (Wildman–Crippen MR) is 78.8 cm³/mol. The quantitative estimate of drug-likeness (QED) is 0.864. The fourth-order valence-electron chi connectivity index (χ4n) is 2.98. The molecule has 1 aliphatic rings. The molecule has 2 rings (SSSR count). The number of nitrogens with two attached hydrogens (primary N) is 1. The van der Waals surface area contributed by atoms with Crippen LogP contribution in [0.2, 0.25) is 5.02 Å². The van der Waals surface area contributed by atoms with Gasteiger partial charge in [0.15, 0.2) is 0 Å². The van der Waals surface area contributed by atoms with E-state index in [4.69, 9.17) is 17.3 Å². The Morgan fingerprint density at radius 1 is 1.37 bits per heavy atom. The van der Waals surface area contributed by atoms with Gasteiger partial charge in [-0.15, -0.1) is 0 Å². The Morgan fingerprint density at radius 2 is 2.00 bits per heavy atom. The highest BCUT2D eigenvalue weighted by molar-refractivity contribution is 6.30. The van der Waals surface area contributed by atoms with Crippen molar-refractivity contribution in [2.45, 2.75) is 52.0 Å². The molecule has 19 heavy (non-hydrogen) atoms. The van der Waals surface area contributed by atoms with Gasteiger partial charge in [-0.2, -0.15) is 0 Å². The predicted octanol–water partition coefficient (Wildman–Crippen LogP) is 4.57. The number of rotatable bonds is 3. The average Bonchev–Trinajstić information content (AvgIpc) is 2.35. The SMILES string of the molecule is CC1(C)CCC(C(N)Cc2cccc(Cl)c2F)CC1. The molecule has 1 atom stereocenters. The Bertz CT molecular complexity index is 434. The molecule has 0 amide bonds. The molecular weight excluding hydrogens is 261 g/mol. The lowest BCUT2D eigenvalue weighted by molar-refractivity contribution is 0.172. The van der Waals surface area contributed by atoms with E-state index in [1.165, 1.54) is 12.8 Å². The third-order valence-electron chi connectivity index (χ3n) is 4.48. The van der Waals surface area contributed by atoms with Crippen molar-refractivity contribution in [1.29, 1.82) is 0 Å². The molecule has 0 heterocycles. The first-order chi connectivity index (χ1) is 8.89. The highest BCUT2D eigenvalue weighted by Crippen LogP contribution is 2.39. The van der Waals surface area contributed by atoms with Gasteiger partial charge in [-0.05, 0) is 55.1 Å². The van der Waals surface area contributed by atoms with Crippen molar-refractivity contribution in [3.8, 4) is 0 Å². The van der Waals surface area contributed by atoms with Gasteiger partial charge >= 0.3 is 0 Å². The van der Waals surface area contributed by atoms with Gasteiger partial charge in [0.25, 0.3) is 0 Å². The number of halogens is 2. The van der Waals surface area contributed by atoms with Crippen molar-refractivity contribution in [1.82, 2.24) is 0 Å². The molecule has 3 heteroatoms. The van der Waals surface area contributed by atoms with E-state index < -0.39 is 0 Å². The van der Waals surface area contributed by atoms with E-state index in [-0.39, 0.29) is 16.9 Å². The average molecular weight is 284 g/mol. The molecule has 1 nitrogen and oxygen atoms in total. The number of hydrogen-bond donors (Lipinski definition) is 1. The van der Waals surface area contributed by atoms with E-state index in [2.05, 4.69) is 13.8 Å². The van der Waals surface area contributed by atoms with E-state index in [1.807, 2.05) is 0 Å². The minimum absolute atomic E-state index is 0.0315. The molecule has 0 aliphatic heterocycles. The molecule has 2 N–H and O–H groups in total. The summed E-state index contributed by atoms with van der Waals surface area (Å²) < 4.78 is 13.9. The molecule has 1 saturated carbocycles. The van der Waals surface area contributed by atoms with Crippen LogP contribution in [0.4, 0.5) is 4.39 Å². The zero-order valence-electron chi connectivity index (χ0n) is 11.8. The van der Waals surface area contributed by atoms with Crippen LogP contribution in [0, 0.1) is 17.2 Å². The summed E-state index contributed by atoms with van der Waals surface area (Å²) in [7, 11) is 0. The first-order valence-corrected chi connectivity index (χ1v) is 7.45. The van der Waals surface area contributed by atoms with Crippen molar-refractivity contribution in [2.75, 3.05) is 0 Å². The van der Waals surface area contributed by atoms with Crippen LogP contribution < -0.4 is 5.73 Å². The van der Waals surface area contributed by atoms with Crippen LogP contribution in [-0.4, -0.2) is 6.04 Å². The zero-order valence-corrected chi connectivity index (χ0v) is 12.5. The lowest BCUT2D eigenvalue weighted by Crippen LogP contribution is -2.36. The first kappa shape index (κ1) is 14.8. The summed E-state index contributed by atoms with van der Waals surface area (Å²) in [4.78, 5) is 0. The Hall–Kier alpha value is -0.600. The van der Waals surface area contributed by atoms with E-state index >= 15 is 0 Å². The Morgan fingerprint density at radius 3 is 2.63 bits per heavy atom. The lowest BCUT2D eigenvalue weighted by Gasteiger charge is -2.37. The maximum atomic E-state index is 13.9. The Kier molecular flexibility index (Phi) is 4.52. The van der Waals surface area contributed by atoms with Crippen LogP contribution in [0.1, 0.15) is 45.1 Å². The second-order valence-electron chi connectivity index (χ2n) is 6.58. The molecule has 106 valence electrons. The largest absolute Gasteiger partial charge is 0.327 e. The minimum Gasteiger partial charge on any atom is -0.327 e. The van der Waals surface area contributed by atoms with Gasteiger partial charge in [0.2, 0.25) is 0 Å². The zero-order chi connectivity index (χ0) is 14.0. The molecule has 1 aromatic carbocycles. The van der Waals surface area contributed by atoms with Crippen molar-refractivity contribution < 1.29 is 4.39 Å². The normalized spacial score (nSPS) is 21.3. The summed E-state index contributed by atoms with van der Waals surface area (Å²) in [6, 6.07) is 5.18. The third kappa shape index (κ3) is 3.70. The Labute approximate surface area is 120 Å². The number of benzene rings is 1. The van der Waals surface area contributed by atoms with Crippen LogP contribution in [0.25, 0.3) is 0 Å². The van der Waals surface area contributed by atoms with Gasteiger partial charge in [0.05, 0.1) is 5.02 Å². The van der Waals surface area contributed by atoms with Crippen molar-refractivity contribution in [3.63, 3.8) is 0 Å². The van der Waals surface area contributed by atoms with Crippen LogP contribution in [0.3, 0.4) is 0 Å². The summed E-state index contributed by atoms with van der Waals surface area (Å²) in [6.45, 7) is 4.62. The topological polar surface area (TPSA) is 26.0 Å². The van der Waals surface area contributed by atoms with Crippen LogP contribution in [0.15, 0.2) is 18.2 Å². The van der Waals surface area contributed by atoms with Crippen molar-refractivity contribution in [2.24, 2.45) is 17.1 Å². The summed E-state index contributed by atoms with van der Waals surface area (Å²) in [5.74, 6) is 0.196.